The third kappa shape index (κ3) is 76.9. The number of hydrogen-bond acceptors (Lipinski definition) is 11. The van der Waals surface area contributed by atoms with Crippen molar-refractivity contribution in [3.63, 3.8) is 0 Å². The van der Waals surface area contributed by atoms with Crippen molar-refractivity contribution in [2.75, 3.05) is 59.5 Å². The number of ether oxygens (including phenoxy) is 9. The summed E-state index contributed by atoms with van der Waals surface area (Å²) in [5.74, 6) is 5.26. The van der Waals surface area contributed by atoms with Gasteiger partial charge >= 0.3 is 0 Å². The molecule has 0 aliphatic carbocycles. The summed E-state index contributed by atoms with van der Waals surface area (Å²) < 4.78 is 51.0. The van der Waals surface area contributed by atoms with Crippen LogP contribution in [0.3, 0.4) is 0 Å². The van der Waals surface area contributed by atoms with Crippen molar-refractivity contribution in [1.82, 2.24) is 0 Å². The lowest BCUT2D eigenvalue weighted by Crippen LogP contribution is -2.34. The van der Waals surface area contributed by atoms with Gasteiger partial charge in [0.25, 0.3) is 0 Å². The average molecular weight is 1610 g/mol. The van der Waals surface area contributed by atoms with Gasteiger partial charge < -0.3 is 52.8 Å². The molecule has 0 aromatic carbocycles. The molecule has 11 heteroatoms. The first kappa shape index (κ1) is 130. The van der Waals surface area contributed by atoms with Crippen molar-refractivity contribution in [2.24, 2.45) is 102 Å². The molecule has 0 heterocycles. The topological polar surface area (TPSA) is 124 Å². The molecule has 0 fully saturated rings. The van der Waals surface area contributed by atoms with E-state index >= 15 is 0 Å². The van der Waals surface area contributed by atoms with Crippen LogP contribution in [0.4, 0.5) is 0 Å². The first-order valence-corrected chi connectivity index (χ1v) is 45.8. The Bertz CT molecular complexity index is 1690. The summed E-state index contributed by atoms with van der Waals surface area (Å²) in [5.41, 5.74) is 1.52. The summed E-state index contributed by atoms with van der Waals surface area (Å²) in [6.45, 7) is 130. The van der Waals surface area contributed by atoms with Crippen molar-refractivity contribution in [3.05, 3.63) is 0 Å². The van der Waals surface area contributed by atoms with Crippen molar-refractivity contribution < 1.29 is 52.8 Å². The van der Waals surface area contributed by atoms with E-state index in [2.05, 4.69) is 360 Å². The Kier molecular flexibility index (Phi) is 73.5. The monoisotopic (exact) mass is 1610 g/mol. The van der Waals surface area contributed by atoms with Crippen LogP contribution < -0.4 is 0 Å². The molecule has 2 N–H and O–H groups in total. The fourth-order valence-electron chi connectivity index (χ4n) is 10.4. The Hall–Kier alpha value is -0.440. The molecule has 0 saturated heterocycles. The Morgan fingerprint density at radius 1 is 0.161 bits per heavy atom. The van der Waals surface area contributed by atoms with E-state index in [4.69, 9.17) is 42.6 Å². The molecule has 0 radical (unpaired) electrons. The summed E-state index contributed by atoms with van der Waals surface area (Å²) in [6.07, 6.45) is 10.8. The highest BCUT2D eigenvalue weighted by Crippen LogP contribution is 2.36. The van der Waals surface area contributed by atoms with Crippen LogP contribution in [0, 0.1) is 102 Å². The molecule has 0 aromatic heterocycles. The zero-order valence-corrected chi connectivity index (χ0v) is 87.8. The van der Waals surface area contributed by atoms with Crippen LogP contribution in [0.2, 0.25) is 0 Å². The van der Waals surface area contributed by atoms with Crippen LogP contribution in [-0.4, -0.2) is 136 Å². The smallest absolute Gasteiger partial charge is 0.0824 e. The van der Waals surface area contributed by atoms with Gasteiger partial charge in [-0.05, 0) is 237 Å². The first-order valence-electron chi connectivity index (χ1n) is 45.8. The molecule has 11 nitrogen and oxygen atoms in total. The second kappa shape index (κ2) is 63.5. The lowest BCUT2D eigenvalue weighted by Gasteiger charge is -2.33. The first-order chi connectivity index (χ1) is 49.8. The molecule has 0 rings (SSSR count). The molecular weight excluding hydrogens is 1390 g/mol. The summed E-state index contributed by atoms with van der Waals surface area (Å²) in [7, 11) is 0. The van der Waals surface area contributed by atoms with Crippen LogP contribution in [0.1, 0.15) is 433 Å². The predicted molar refractivity (Wildman–Crippen MR) is 501 cm³/mol. The molecule has 112 heavy (non-hydrogen) atoms. The van der Waals surface area contributed by atoms with Crippen molar-refractivity contribution in [2.45, 2.75) is 499 Å². The van der Waals surface area contributed by atoms with Crippen molar-refractivity contribution in [1.29, 1.82) is 0 Å². The lowest BCUT2D eigenvalue weighted by molar-refractivity contribution is -0.0762. The minimum absolute atomic E-state index is 0.182. The van der Waals surface area contributed by atoms with Gasteiger partial charge in [-0.2, -0.15) is 0 Å². The maximum absolute atomic E-state index is 9.53. The SMILES string of the molecule is CCCO[C@@H](C)[C@@H](C)C(C)(C)C.CCCO[C@@H](C)[C@@H](C)C(C)(C)C.CCCO[C@@H](C)[C@H](C)C(C)(C)C.CCCO[C@@H](C)[C@H](C)C(C)(C)C.CCCO[C@H](C)[C@@H](C)C(C)(C)C.CCCO[C@H](C)[C@H](C)C(C)(C)C.CCCO[C@H](C)[C@H](C)C(C)(C)C.C[C@H](OCC(C)(C)O)[C@@H](C)C(C)(C)C.C[C@H]([C@@H](C)OCC(C)(C)O)C(C)(C)C. The molecule has 0 amide bonds. The summed E-state index contributed by atoms with van der Waals surface area (Å²) in [6, 6.07) is 0. The fourth-order valence-corrected chi connectivity index (χ4v) is 10.4. The molecular formula is C101H220O11. The molecule has 18 atom stereocenters. The number of aliphatic hydroxyl groups is 2. The standard InChI is InChI=1S/2C12H26O2.7C11H24O/c2*1-9(11(3,4)5)10(2)14-8-12(6,7)13;7*1-7-8-12-10(3)9(2)11(4,5)6/h2*9-10,13H,8H2,1-7H3;7*9-10H,7-8H2,1-6H3/t9-,10+;9-,10-;4*9-,10+;3*9-,10-/m111100100/s1. The quantitative estimate of drug-likeness (QED) is 0.0623. The van der Waals surface area contributed by atoms with Crippen LogP contribution in [0.15, 0.2) is 0 Å². The highest BCUT2D eigenvalue weighted by molar-refractivity contribution is 4.82. The van der Waals surface area contributed by atoms with E-state index in [1.807, 2.05) is 0 Å². The Morgan fingerprint density at radius 3 is 0.304 bits per heavy atom. The second-order valence-electron chi connectivity index (χ2n) is 45.1. The lowest BCUT2D eigenvalue weighted by atomic mass is 9.79. The molecule has 0 saturated carbocycles. The van der Waals surface area contributed by atoms with Crippen LogP contribution in [0.5, 0.6) is 0 Å². The van der Waals surface area contributed by atoms with E-state index in [1.54, 1.807) is 27.7 Å². The van der Waals surface area contributed by atoms with Gasteiger partial charge in [0.05, 0.1) is 79.4 Å². The molecule has 0 spiro atoms. The number of rotatable bonds is 36. The van der Waals surface area contributed by atoms with E-state index in [9.17, 15) is 10.2 Å². The van der Waals surface area contributed by atoms with Gasteiger partial charge in [-0.25, -0.2) is 0 Å². The zero-order valence-electron chi connectivity index (χ0n) is 87.8. The summed E-state index contributed by atoms with van der Waals surface area (Å²) in [4.78, 5) is 0. The Labute approximate surface area is 709 Å². The van der Waals surface area contributed by atoms with E-state index in [0.717, 1.165) is 91.2 Å². The van der Waals surface area contributed by atoms with Gasteiger partial charge in [0.1, 0.15) is 0 Å². The molecule has 0 aliphatic heterocycles. The molecule has 0 bridgehead atoms. The third-order valence-corrected chi connectivity index (χ3v) is 24.1. The van der Waals surface area contributed by atoms with Gasteiger partial charge in [0.2, 0.25) is 0 Å². The van der Waals surface area contributed by atoms with E-state index < -0.39 is 11.2 Å². The number of hydrogen-bond donors (Lipinski definition) is 2. The molecule has 690 valence electrons. The Balaban J connectivity index is -0.000000152. The van der Waals surface area contributed by atoms with Crippen LogP contribution in [-0.2, 0) is 42.6 Å². The van der Waals surface area contributed by atoms with E-state index in [-0.39, 0.29) is 23.0 Å². The van der Waals surface area contributed by atoms with E-state index in [0.29, 0.717) is 147 Å². The van der Waals surface area contributed by atoms with Gasteiger partial charge in [0.15, 0.2) is 0 Å². The normalized spacial score (nSPS) is 17.6. The van der Waals surface area contributed by atoms with Crippen LogP contribution >= 0.6 is 0 Å². The van der Waals surface area contributed by atoms with Crippen molar-refractivity contribution in [3.8, 4) is 0 Å². The second-order valence-corrected chi connectivity index (χ2v) is 45.1. The molecule has 0 aliphatic rings. The highest BCUT2D eigenvalue weighted by atomic mass is 16.5. The largest absolute Gasteiger partial charge is 0.388 e. The minimum Gasteiger partial charge on any atom is -0.388 e. The minimum atomic E-state index is -0.730. The fraction of sp³-hybridized carbons (Fsp3) is 1.00. The maximum Gasteiger partial charge on any atom is 0.0824 e. The predicted octanol–water partition coefficient (Wildman–Crippen LogP) is 30.1. The van der Waals surface area contributed by atoms with Gasteiger partial charge in [-0.1, -0.05) is 298 Å². The highest BCUT2D eigenvalue weighted by Gasteiger charge is 2.33. The average Bonchev–Trinajstić information content (AvgIpc) is 0.829. The molecule has 0 unspecified atom stereocenters. The Morgan fingerprint density at radius 2 is 0.241 bits per heavy atom. The summed E-state index contributed by atoms with van der Waals surface area (Å²) >= 11 is 0. The van der Waals surface area contributed by atoms with Gasteiger partial charge in [0, 0.05) is 46.2 Å². The van der Waals surface area contributed by atoms with Crippen molar-refractivity contribution >= 4 is 0 Å². The van der Waals surface area contributed by atoms with Crippen LogP contribution in [0.25, 0.3) is 0 Å². The maximum atomic E-state index is 9.53. The van der Waals surface area contributed by atoms with Gasteiger partial charge in [-0.15, -0.1) is 0 Å². The third-order valence-electron chi connectivity index (χ3n) is 24.1. The summed E-state index contributed by atoms with van der Waals surface area (Å²) in [5, 5.41) is 19.1. The van der Waals surface area contributed by atoms with Gasteiger partial charge in [-0.3, -0.25) is 0 Å². The molecule has 0 aromatic rings. The van der Waals surface area contributed by atoms with E-state index in [1.165, 1.54) is 0 Å². The zero-order chi connectivity index (χ0) is 91.6.